The maximum Gasteiger partial charge on any atom is 0.339 e. The number of rotatable bonds is 6. The Kier molecular flexibility index (Phi) is 5.66. The van der Waals surface area contributed by atoms with Crippen LogP contribution in [-0.4, -0.2) is 17.0 Å². The third-order valence-electron chi connectivity index (χ3n) is 5.22. The van der Waals surface area contributed by atoms with E-state index in [4.69, 9.17) is 4.74 Å². The summed E-state index contributed by atoms with van der Waals surface area (Å²) in [6.45, 7) is 2.11. The molecule has 0 fully saturated rings. The Labute approximate surface area is 186 Å². The average Bonchev–Trinajstić information content (AvgIpc) is 3.27. The first-order chi connectivity index (χ1) is 14.4. The number of carbonyl (C=O) groups is 2. The molecule has 7 heteroatoms. The van der Waals surface area contributed by atoms with Gasteiger partial charge in [-0.2, -0.15) is 0 Å². The Balaban J connectivity index is 1.44. The minimum Gasteiger partial charge on any atom is -0.478 e. The van der Waals surface area contributed by atoms with E-state index in [1.54, 1.807) is 5.38 Å². The molecule has 30 heavy (non-hydrogen) atoms. The van der Waals surface area contributed by atoms with Crippen LogP contribution in [0.25, 0.3) is 11.1 Å². The van der Waals surface area contributed by atoms with Crippen molar-refractivity contribution in [2.24, 2.45) is 5.41 Å². The minimum atomic E-state index is -1.07. The quantitative estimate of drug-likeness (QED) is 0.498. The van der Waals surface area contributed by atoms with E-state index in [1.165, 1.54) is 11.3 Å². The lowest BCUT2D eigenvalue weighted by Gasteiger charge is -2.22. The van der Waals surface area contributed by atoms with E-state index >= 15 is 0 Å². The third-order valence-corrected chi connectivity index (χ3v) is 6.64. The molecule has 4 rings (SSSR count). The first-order valence-electron chi connectivity index (χ1n) is 9.53. The highest BCUT2D eigenvalue weighted by atomic mass is 79.9. The smallest absolute Gasteiger partial charge is 0.339 e. The van der Waals surface area contributed by atoms with E-state index in [2.05, 4.69) is 40.3 Å². The second kappa shape index (κ2) is 8.24. The molecule has 1 aromatic carbocycles. The molecular weight excluding hydrogens is 466 g/mol. The number of ether oxygens (including phenoxy) is 1. The molecule has 1 aliphatic carbocycles. The van der Waals surface area contributed by atoms with Crippen LogP contribution in [0.2, 0.25) is 0 Å². The standard InChI is InChI=1S/C23H20BrNO4S/c1-23-11-3-2-4-18(23)29-16(12-23)9-10-19(26)25-21-20(22(27)28)17(13-30-21)14-5-7-15(24)8-6-14/h2-8,12-13H,9-11H2,1H3,(H,25,26)(H,27,28). The number of carboxylic acids is 1. The maximum absolute atomic E-state index is 12.5. The molecule has 2 heterocycles. The summed E-state index contributed by atoms with van der Waals surface area (Å²) < 4.78 is 6.81. The van der Waals surface area contributed by atoms with Crippen molar-refractivity contribution in [3.8, 4) is 11.1 Å². The van der Waals surface area contributed by atoms with Crippen LogP contribution < -0.4 is 5.32 Å². The highest BCUT2D eigenvalue weighted by Crippen LogP contribution is 2.44. The van der Waals surface area contributed by atoms with Gasteiger partial charge in [0.05, 0.1) is 5.41 Å². The summed E-state index contributed by atoms with van der Waals surface area (Å²) in [5, 5.41) is 14.6. The molecule has 1 amide bonds. The summed E-state index contributed by atoms with van der Waals surface area (Å²) in [7, 11) is 0. The van der Waals surface area contributed by atoms with E-state index in [0.29, 0.717) is 17.0 Å². The van der Waals surface area contributed by atoms with Gasteiger partial charge in [-0.05, 0) is 43.2 Å². The van der Waals surface area contributed by atoms with E-state index in [1.807, 2.05) is 36.4 Å². The summed E-state index contributed by atoms with van der Waals surface area (Å²) >= 11 is 4.60. The van der Waals surface area contributed by atoms with Crippen LogP contribution >= 0.6 is 27.3 Å². The Morgan fingerprint density at radius 3 is 2.77 bits per heavy atom. The van der Waals surface area contributed by atoms with Gasteiger partial charge < -0.3 is 15.2 Å². The lowest BCUT2D eigenvalue weighted by molar-refractivity contribution is -0.116. The fourth-order valence-corrected chi connectivity index (χ4v) is 4.86. The fourth-order valence-electron chi connectivity index (χ4n) is 3.62. The van der Waals surface area contributed by atoms with Crippen molar-refractivity contribution < 1.29 is 19.4 Å². The van der Waals surface area contributed by atoms with Crippen molar-refractivity contribution in [2.45, 2.75) is 26.2 Å². The van der Waals surface area contributed by atoms with Crippen molar-refractivity contribution >= 4 is 44.1 Å². The number of amides is 1. The van der Waals surface area contributed by atoms with Gasteiger partial charge in [-0.25, -0.2) is 4.79 Å². The number of anilines is 1. The number of thiophene rings is 1. The van der Waals surface area contributed by atoms with Gasteiger partial charge in [0, 0.05) is 28.3 Å². The molecule has 0 bridgehead atoms. The van der Waals surface area contributed by atoms with Crippen LogP contribution in [-0.2, 0) is 9.53 Å². The van der Waals surface area contributed by atoms with Gasteiger partial charge in [-0.3, -0.25) is 4.79 Å². The van der Waals surface area contributed by atoms with Crippen molar-refractivity contribution in [1.82, 2.24) is 0 Å². The number of nitrogens with one attached hydrogen (secondary N) is 1. The highest BCUT2D eigenvalue weighted by Gasteiger charge is 2.35. The number of fused-ring (bicyclic) bond motifs is 1. The van der Waals surface area contributed by atoms with Gasteiger partial charge in [0.15, 0.2) is 0 Å². The lowest BCUT2D eigenvalue weighted by atomic mass is 9.82. The number of carbonyl (C=O) groups excluding carboxylic acids is 1. The zero-order valence-corrected chi connectivity index (χ0v) is 18.7. The van der Waals surface area contributed by atoms with Crippen LogP contribution in [0.5, 0.6) is 0 Å². The lowest BCUT2D eigenvalue weighted by Crippen LogP contribution is -2.13. The molecule has 0 saturated carbocycles. The number of hydrogen-bond acceptors (Lipinski definition) is 4. The Morgan fingerprint density at radius 1 is 1.30 bits per heavy atom. The second-order valence-electron chi connectivity index (χ2n) is 7.51. The predicted octanol–water partition coefficient (Wildman–Crippen LogP) is 6.36. The first-order valence-corrected chi connectivity index (χ1v) is 11.2. The minimum absolute atomic E-state index is 0.113. The number of hydrogen-bond donors (Lipinski definition) is 2. The zero-order chi connectivity index (χ0) is 21.3. The van der Waals surface area contributed by atoms with E-state index in [0.717, 1.165) is 28.0 Å². The maximum atomic E-state index is 12.5. The molecular formula is C23H20BrNO4S. The van der Waals surface area contributed by atoms with Gasteiger partial charge in [0.25, 0.3) is 0 Å². The van der Waals surface area contributed by atoms with Crippen molar-refractivity contribution in [2.75, 3.05) is 5.32 Å². The third kappa shape index (κ3) is 4.13. The Bertz CT molecular complexity index is 1100. The zero-order valence-electron chi connectivity index (χ0n) is 16.3. The predicted molar refractivity (Wildman–Crippen MR) is 121 cm³/mol. The van der Waals surface area contributed by atoms with Gasteiger partial charge >= 0.3 is 5.97 Å². The summed E-state index contributed by atoms with van der Waals surface area (Å²) in [6, 6.07) is 7.40. The molecule has 2 aliphatic rings. The SMILES string of the molecule is CC12C=C(CCC(=O)Nc3scc(-c4ccc(Br)cc4)c3C(=O)O)OC1=CC=CC2. The fraction of sp³-hybridized carbons (Fsp3) is 0.217. The van der Waals surface area contributed by atoms with Crippen molar-refractivity contribution in [1.29, 1.82) is 0 Å². The van der Waals surface area contributed by atoms with E-state index in [-0.39, 0.29) is 23.3 Å². The first kappa shape index (κ1) is 20.6. The molecule has 1 aromatic heterocycles. The molecule has 5 nitrogen and oxygen atoms in total. The summed E-state index contributed by atoms with van der Waals surface area (Å²) in [5.74, 6) is 0.384. The Hall–Kier alpha value is -2.64. The molecule has 0 radical (unpaired) electrons. The number of halogens is 1. The molecule has 2 aromatic rings. The van der Waals surface area contributed by atoms with Crippen LogP contribution in [0.3, 0.4) is 0 Å². The van der Waals surface area contributed by atoms with Gasteiger partial charge in [-0.15, -0.1) is 11.3 Å². The summed E-state index contributed by atoms with van der Waals surface area (Å²) in [4.78, 5) is 24.4. The monoisotopic (exact) mass is 485 g/mol. The van der Waals surface area contributed by atoms with Crippen LogP contribution in [0, 0.1) is 5.41 Å². The van der Waals surface area contributed by atoms with Crippen LogP contribution in [0.1, 0.15) is 36.5 Å². The van der Waals surface area contributed by atoms with Gasteiger partial charge in [0.2, 0.25) is 5.91 Å². The van der Waals surface area contributed by atoms with Crippen molar-refractivity contribution in [3.05, 3.63) is 75.5 Å². The number of aromatic carboxylic acids is 1. The van der Waals surface area contributed by atoms with Gasteiger partial charge in [0.1, 0.15) is 22.1 Å². The number of carboxylic acid groups (broad SMARTS) is 1. The van der Waals surface area contributed by atoms with E-state index in [9.17, 15) is 14.7 Å². The highest BCUT2D eigenvalue weighted by molar-refractivity contribution is 9.10. The van der Waals surface area contributed by atoms with Crippen molar-refractivity contribution in [3.63, 3.8) is 0 Å². The second-order valence-corrected chi connectivity index (χ2v) is 9.30. The number of benzene rings is 1. The summed E-state index contributed by atoms with van der Waals surface area (Å²) in [6.07, 6.45) is 9.68. The normalized spacial score (nSPS) is 19.5. The Morgan fingerprint density at radius 2 is 2.07 bits per heavy atom. The largest absolute Gasteiger partial charge is 0.478 e. The van der Waals surface area contributed by atoms with Crippen LogP contribution in [0.15, 0.2) is 69.9 Å². The molecule has 1 aliphatic heterocycles. The van der Waals surface area contributed by atoms with Gasteiger partial charge in [-0.1, -0.05) is 40.2 Å². The van der Waals surface area contributed by atoms with E-state index < -0.39 is 5.97 Å². The molecule has 1 unspecified atom stereocenters. The molecule has 0 spiro atoms. The van der Waals surface area contributed by atoms with Crippen LogP contribution in [0.4, 0.5) is 5.00 Å². The molecule has 154 valence electrons. The average molecular weight is 486 g/mol. The molecule has 2 N–H and O–H groups in total. The molecule has 0 saturated heterocycles. The number of allylic oxidation sites excluding steroid dienone is 5. The summed E-state index contributed by atoms with van der Waals surface area (Å²) in [5.41, 5.74) is 1.36. The topological polar surface area (TPSA) is 75.6 Å². The molecule has 1 atom stereocenters.